The highest BCUT2D eigenvalue weighted by Gasteiger charge is 2.08. The summed E-state index contributed by atoms with van der Waals surface area (Å²) in [5.41, 5.74) is 1.59. The van der Waals surface area contributed by atoms with Gasteiger partial charge in [0.2, 0.25) is 0 Å². The number of hydrogen-bond donors (Lipinski definition) is 1. The molecule has 0 bridgehead atoms. The number of carboxylic acid groups (broad SMARTS) is 1. The average molecular weight is 237 g/mol. The van der Waals surface area contributed by atoms with Crippen molar-refractivity contribution in [3.8, 4) is 0 Å². The van der Waals surface area contributed by atoms with Gasteiger partial charge in [0.1, 0.15) is 11.3 Å². The van der Waals surface area contributed by atoms with Crippen LogP contribution < -0.4 is 0 Å². The summed E-state index contributed by atoms with van der Waals surface area (Å²) in [5, 5.41) is 10.1. The fourth-order valence-electron chi connectivity index (χ4n) is 1.52. The maximum Gasteiger partial charge on any atom is 0.328 e. The Labute approximate surface area is 96.9 Å². The molecule has 3 nitrogen and oxygen atoms in total. The first-order valence-corrected chi connectivity index (χ1v) is 5.05. The molecule has 4 heteroatoms. The van der Waals surface area contributed by atoms with Crippen LogP contribution in [0.1, 0.15) is 11.3 Å². The molecule has 0 aliphatic heterocycles. The quantitative estimate of drug-likeness (QED) is 0.812. The molecule has 1 aromatic heterocycles. The standard InChI is InChI=1S/C12H9ClO3/c1-7-9-6-8(13)2-3-11(9)16-10(7)4-5-12(14)15/h2-6H,1H3,(H,14,15). The molecule has 0 spiro atoms. The van der Waals surface area contributed by atoms with E-state index in [1.165, 1.54) is 6.08 Å². The summed E-state index contributed by atoms with van der Waals surface area (Å²) in [4.78, 5) is 10.4. The van der Waals surface area contributed by atoms with E-state index in [2.05, 4.69) is 0 Å². The Morgan fingerprint density at radius 1 is 1.50 bits per heavy atom. The molecule has 0 aliphatic rings. The van der Waals surface area contributed by atoms with Gasteiger partial charge >= 0.3 is 5.97 Å². The van der Waals surface area contributed by atoms with E-state index >= 15 is 0 Å². The van der Waals surface area contributed by atoms with E-state index in [0.29, 0.717) is 16.4 Å². The van der Waals surface area contributed by atoms with Crippen LogP contribution in [0, 0.1) is 6.92 Å². The van der Waals surface area contributed by atoms with Crippen LogP contribution in [0.3, 0.4) is 0 Å². The SMILES string of the molecule is Cc1c(C=CC(=O)O)oc2ccc(Cl)cc12. The third-order valence-electron chi connectivity index (χ3n) is 2.31. The molecule has 2 aromatic rings. The number of carboxylic acids is 1. The van der Waals surface area contributed by atoms with Gasteiger partial charge in [-0.2, -0.15) is 0 Å². The predicted molar refractivity (Wildman–Crippen MR) is 62.6 cm³/mol. The molecular weight excluding hydrogens is 228 g/mol. The van der Waals surface area contributed by atoms with E-state index < -0.39 is 5.97 Å². The molecule has 0 saturated carbocycles. The normalized spacial score (nSPS) is 11.4. The van der Waals surface area contributed by atoms with Crippen molar-refractivity contribution in [2.45, 2.75) is 6.92 Å². The smallest absolute Gasteiger partial charge is 0.328 e. The molecule has 0 saturated heterocycles. The van der Waals surface area contributed by atoms with Crippen LogP contribution in [-0.2, 0) is 4.79 Å². The van der Waals surface area contributed by atoms with Gasteiger partial charge in [0.15, 0.2) is 0 Å². The van der Waals surface area contributed by atoms with Crippen LogP contribution in [0.25, 0.3) is 17.0 Å². The van der Waals surface area contributed by atoms with E-state index in [9.17, 15) is 4.79 Å². The van der Waals surface area contributed by atoms with Crippen LogP contribution in [-0.4, -0.2) is 11.1 Å². The molecule has 0 unspecified atom stereocenters. The fourth-order valence-corrected chi connectivity index (χ4v) is 1.69. The lowest BCUT2D eigenvalue weighted by Gasteiger charge is -1.90. The molecule has 1 aromatic carbocycles. The third kappa shape index (κ3) is 1.95. The fraction of sp³-hybridized carbons (Fsp3) is 0.0833. The van der Waals surface area contributed by atoms with Crippen molar-refractivity contribution in [1.29, 1.82) is 0 Å². The summed E-state index contributed by atoms with van der Waals surface area (Å²) in [6.45, 7) is 1.86. The number of furan rings is 1. The zero-order chi connectivity index (χ0) is 11.7. The van der Waals surface area contributed by atoms with Gasteiger partial charge in [0.05, 0.1) is 0 Å². The zero-order valence-electron chi connectivity index (χ0n) is 8.53. The second-order valence-corrected chi connectivity index (χ2v) is 3.84. The van der Waals surface area contributed by atoms with Gasteiger partial charge < -0.3 is 9.52 Å². The molecule has 2 rings (SSSR count). The molecule has 0 aliphatic carbocycles. The Morgan fingerprint density at radius 3 is 2.94 bits per heavy atom. The lowest BCUT2D eigenvalue weighted by molar-refractivity contribution is -0.131. The van der Waals surface area contributed by atoms with Gasteiger partial charge in [-0.3, -0.25) is 0 Å². The second-order valence-electron chi connectivity index (χ2n) is 3.40. The Balaban J connectivity index is 2.56. The minimum absolute atomic E-state index is 0.541. The molecule has 16 heavy (non-hydrogen) atoms. The van der Waals surface area contributed by atoms with Crippen LogP contribution in [0.4, 0.5) is 0 Å². The van der Waals surface area contributed by atoms with E-state index in [-0.39, 0.29) is 0 Å². The van der Waals surface area contributed by atoms with Gasteiger partial charge in [0.25, 0.3) is 0 Å². The van der Waals surface area contributed by atoms with Gasteiger partial charge in [-0.25, -0.2) is 4.79 Å². The minimum Gasteiger partial charge on any atom is -0.478 e. The Hall–Kier alpha value is -1.74. The third-order valence-corrected chi connectivity index (χ3v) is 2.55. The second kappa shape index (κ2) is 4.02. The monoisotopic (exact) mass is 236 g/mol. The van der Waals surface area contributed by atoms with Crippen molar-refractivity contribution in [2.24, 2.45) is 0 Å². The molecule has 0 fully saturated rings. The number of halogens is 1. The Bertz CT molecular complexity index is 581. The van der Waals surface area contributed by atoms with E-state index in [0.717, 1.165) is 17.0 Å². The maximum absolute atomic E-state index is 10.4. The van der Waals surface area contributed by atoms with Crippen LogP contribution in [0.15, 0.2) is 28.7 Å². The molecule has 0 amide bonds. The molecule has 0 radical (unpaired) electrons. The van der Waals surface area contributed by atoms with Crippen molar-refractivity contribution in [3.63, 3.8) is 0 Å². The minimum atomic E-state index is -1.00. The van der Waals surface area contributed by atoms with Crippen LogP contribution >= 0.6 is 11.6 Å². The number of benzene rings is 1. The van der Waals surface area contributed by atoms with E-state index in [4.69, 9.17) is 21.1 Å². The number of rotatable bonds is 2. The summed E-state index contributed by atoms with van der Waals surface area (Å²) in [5.74, 6) is -0.461. The van der Waals surface area contributed by atoms with Gasteiger partial charge in [0, 0.05) is 22.0 Å². The topological polar surface area (TPSA) is 50.4 Å². The van der Waals surface area contributed by atoms with Crippen LogP contribution in [0.2, 0.25) is 5.02 Å². The number of aliphatic carboxylic acids is 1. The van der Waals surface area contributed by atoms with Crippen molar-refractivity contribution < 1.29 is 14.3 Å². The lowest BCUT2D eigenvalue weighted by Crippen LogP contribution is -1.85. The number of aryl methyl sites for hydroxylation is 1. The summed E-state index contributed by atoms with van der Waals surface area (Å²) in [6, 6.07) is 5.30. The van der Waals surface area contributed by atoms with Gasteiger partial charge in [-0.05, 0) is 31.2 Å². The van der Waals surface area contributed by atoms with E-state index in [1.54, 1.807) is 18.2 Å². The van der Waals surface area contributed by atoms with Crippen molar-refractivity contribution in [3.05, 3.63) is 40.6 Å². The Morgan fingerprint density at radius 2 is 2.25 bits per heavy atom. The summed E-state index contributed by atoms with van der Waals surface area (Å²) >= 11 is 5.87. The van der Waals surface area contributed by atoms with Crippen molar-refractivity contribution in [2.75, 3.05) is 0 Å². The van der Waals surface area contributed by atoms with Gasteiger partial charge in [-0.1, -0.05) is 11.6 Å². The first-order chi connectivity index (χ1) is 7.58. The molecule has 0 atom stereocenters. The summed E-state index contributed by atoms with van der Waals surface area (Å²) in [6.07, 6.45) is 2.48. The predicted octanol–water partition coefficient (Wildman–Crippen LogP) is 3.49. The zero-order valence-corrected chi connectivity index (χ0v) is 9.28. The summed E-state index contributed by atoms with van der Waals surface area (Å²) < 4.78 is 5.50. The summed E-state index contributed by atoms with van der Waals surface area (Å²) in [7, 11) is 0. The van der Waals surface area contributed by atoms with E-state index in [1.807, 2.05) is 6.92 Å². The first kappa shape index (κ1) is 10.8. The highest BCUT2D eigenvalue weighted by atomic mass is 35.5. The van der Waals surface area contributed by atoms with Crippen molar-refractivity contribution in [1.82, 2.24) is 0 Å². The maximum atomic E-state index is 10.4. The molecule has 1 N–H and O–H groups in total. The largest absolute Gasteiger partial charge is 0.478 e. The highest BCUT2D eigenvalue weighted by molar-refractivity contribution is 6.31. The van der Waals surface area contributed by atoms with Crippen molar-refractivity contribution >= 4 is 34.6 Å². The lowest BCUT2D eigenvalue weighted by atomic mass is 10.1. The first-order valence-electron chi connectivity index (χ1n) is 4.67. The molecule has 1 heterocycles. The number of fused-ring (bicyclic) bond motifs is 1. The Kier molecular flexibility index (Phi) is 2.71. The van der Waals surface area contributed by atoms with Gasteiger partial charge in [-0.15, -0.1) is 0 Å². The number of carbonyl (C=O) groups is 1. The van der Waals surface area contributed by atoms with Crippen LogP contribution in [0.5, 0.6) is 0 Å². The molecular formula is C12H9ClO3. The highest BCUT2D eigenvalue weighted by Crippen LogP contribution is 2.28. The average Bonchev–Trinajstić information content (AvgIpc) is 2.53. The number of hydrogen-bond acceptors (Lipinski definition) is 2. The molecule has 82 valence electrons.